The van der Waals surface area contributed by atoms with Gasteiger partial charge in [-0.3, -0.25) is 4.21 Å². The zero-order chi connectivity index (χ0) is 18.9. The van der Waals surface area contributed by atoms with Crippen LogP contribution < -0.4 is 5.32 Å². The van der Waals surface area contributed by atoms with E-state index in [1.165, 1.54) is 36.7 Å². The molecule has 2 aromatic heterocycles. The molecule has 0 fully saturated rings. The minimum absolute atomic E-state index is 0.000682. The maximum Gasteiger partial charge on any atom is 0.405 e. The topological polar surface area (TPSA) is 80.7 Å². The monoisotopic (exact) mass is 385 g/mol. The van der Waals surface area contributed by atoms with Crippen molar-refractivity contribution in [2.75, 3.05) is 18.1 Å². The summed E-state index contributed by atoms with van der Waals surface area (Å²) in [4.78, 5) is 16.1. The van der Waals surface area contributed by atoms with Crippen LogP contribution in [0.15, 0.2) is 35.6 Å². The van der Waals surface area contributed by atoms with E-state index in [1.807, 2.05) is 0 Å². The number of hydrogen-bond acceptors (Lipinski definition) is 6. The van der Waals surface area contributed by atoms with Crippen LogP contribution in [0.25, 0.3) is 22.4 Å². The average Bonchev–Trinajstić information content (AvgIpc) is 2.59. The third kappa shape index (κ3) is 4.10. The van der Waals surface area contributed by atoms with Gasteiger partial charge in [0.1, 0.15) is 12.4 Å². The van der Waals surface area contributed by atoms with E-state index < -0.39 is 29.3 Å². The molecule has 0 aliphatic heterocycles. The lowest BCUT2D eigenvalue weighted by Crippen LogP contribution is -2.22. The summed E-state index contributed by atoms with van der Waals surface area (Å²) >= 11 is 0. The molecule has 6 nitrogen and oxygen atoms in total. The number of rotatable bonds is 4. The van der Waals surface area contributed by atoms with Crippen molar-refractivity contribution in [2.24, 2.45) is 0 Å². The van der Waals surface area contributed by atoms with Crippen molar-refractivity contribution in [3.63, 3.8) is 0 Å². The van der Waals surface area contributed by atoms with Crippen molar-refractivity contribution in [3.05, 3.63) is 36.3 Å². The largest absolute Gasteiger partial charge is 0.405 e. The first kappa shape index (κ1) is 18.1. The molecule has 0 aliphatic carbocycles. The van der Waals surface area contributed by atoms with Gasteiger partial charge in [0.15, 0.2) is 17.0 Å². The lowest BCUT2D eigenvalue weighted by atomic mass is 10.1. The Balaban J connectivity index is 2.12. The predicted molar refractivity (Wildman–Crippen MR) is 87.4 cm³/mol. The molecule has 1 N–H and O–H groups in total. The van der Waals surface area contributed by atoms with E-state index in [9.17, 15) is 21.8 Å². The van der Waals surface area contributed by atoms with Gasteiger partial charge in [0.2, 0.25) is 5.16 Å². The smallest absolute Gasteiger partial charge is 0.359 e. The lowest BCUT2D eigenvalue weighted by molar-refractivity contribution is -0.115. The Hall–Kier alpha value is -2.69. The Morgan fingerprint density at radius 3 is 2.42 bits per heavy atom. The lowest BCUT2D eigenvalue weighted by Gasteiger charge is -2.11. The molecule has 1 atom stereocenters. The van der Waals surface area contributed by atoms with Gasteiger partial charge in [-0.25, -0.2) is 19.3 Å². The number of benzene rings is 1. The summed E-state index contributed by atoms with van der Waals surface area (Å²) in [5.41, 5.74) is 0.818. The van der Waals surface area contributed by atoms with Crippen molar-refractivity contribution < 1.29 is 21.8 Å². The van der Waals surface area contributed by atoms with Gasteiger partial charge in [-0.2, -0.15) is 18.2 Å². The molecule has 0 saturated heterocycles. The van der Waals surface area contributed by atoms with Crippen LogP contribution in [0.2, 0.25) is 0 Å². The minimum atomic E-state index is -4.48. The molecule has 26 heavy (non-hydrogen) atoms. The molecule has 11 heteroatoms. The highest BCUT2D eigenvalue weighted by Gasteiger charge is 2.28. The van der Waals surface area contributed by atoms with E-state index in [2.05, 4.69) is 25.3 Å². The van der Waals surface area contributed by atoms with Gasteiger partial charge in [-0.05, 0) is 24.3 Å². The summed E-state index contributed by atoms with van der Waals surface area (Å²) in [5.74, 6) is -0.664. The number of halogens is 4. The zero-order valence-electron chi connectivity index (χ0n) is 13.2. The highest BCUT2D eigenvalue weighted by molar-refractivity contribution is 7.84. The number of nitrogens with zero attached hydrogens (tertiary/aromatic N) is 4. The van der Waals surface area contributed by atoms with E-state index in [-0.39, 0.29) is 22.1 Å². The van der Waals surface area contributed by atoms with E-state index in [0.29, 0.717) is 11.3 Å². The van der Waals surface area contributed by atoms with Crippen LogP contribution >= 0.6 is 0 Å². The van der Waals surface area contributed by atoms with Gasteiger partial charge in [0.25, 0.3) is 0 Å². The minimum Gasteiger partial charge on any atom is -0.359 e. The Morgan fingerprint density at radius 2 is 1.81 bits per heavy atom. The van der Waals surface area contributed by atoms with E-state index >= 15 is 0 Å². The first-order chi connectivity index (χ1) is 12.2. The molecule has 1 unspecified atom stereocenters. The second-order valence-electron chi connectivity index (χ2n) is 5.21. The molecule has 0 amide bonds. The Kier molecular flexibility index (Phi) is 4.81. The number of hydrogen-bond donors (Lipinski definition) is 1. The van der Waals surface area contributed by atoms with Crippen molar-refractivity contribution >= 4 is 27.8 Å². The van der Waals surface area contributed by atoms with E-state index in [1.54, 1.807) is 0 Å². The summed E-state index contributed by atoms with van der Waals surface area (Å²) in [6.07, 6.45) is -1.84. The van der Waals surface area contributed by atoms with E-state index in [4.69, 9.17) is 0 Å². The second kappa shape index (κ2) is 6.90. The fraction of sp³-hybridized carbons (Fsp3) is 0.200. The zero-order valence-corrected chi connectivity index (χ0v) is 14.0. The molecule has 0 radical (unpaired) electrons. The first-order valence-corrected chi connectivity index (χ1v) is 8.73. The van der Waals surface area contributed by atoms with Gasteiger partial charge in [-0.1, -0.05) is 0 Å². The summed E-state index contributed by atoms with van der Waals surface area (Å²) in [7, 11) is -1.62. The number of nitrogens with one attached hydrogen (secondary N) is 1. The summed E-state index contributed by atoms with van der Waals surface area (Å²) in [6, 6.07) is 5.38. The van der Waals surface area contributed by atoms with Crippen LogP contribution in [0.3, 0.4) is 0 Å². The summed E-state index contributed by atoms with van der Waals surface area (Å²) in [6.45, 7) is -1.35. The van der Waals surface area contributed by atoms with E-state index in [0.717, 1.165) is 0 Å². The quantitative estimate of drug-likeness (QED) is 0.549. The van der Waals surface area contributed by atoms with Crippen molar-refractivity contribution in [1.29, 1.82) is 0 Å². The molecule has 0 saturated carbocycles. The number of anilines is 1. The second-order valence-corrected chi connectivity index (χ2v) is 6.49. The Morgan fingerprint density at radius 1 is 1.12 bits per heavy atom. The number of alkyl halides is 3. The number of aromatic nitrogens is 4. The highest BCUT2D eigenvalue weighted by Crippen LogP contribution is 2.24. The standard InChI is InChI=1S/C15H11F4N5OS/c1-26(25)14-23-12-11(13(24-14)21-7-15(17,18)19)22-10(6-20-12)8-2-4-9(16)5-3-8/h2-6H,7H2,1H3,(H,20,21,23,24). The fourth-order valence-electron chi connectivity index (χ4n) is 2.08. The van der Waals surface area contributed by atoms with Gasteiger partial charge >= 0.3 is 6.18 Å². The van der Waals surface area contributed by atoms with Crippen LogP contribution in [-0.4, -0.2) is 43.1 Å². The van der Waals surface area contributed by atoms with Crippen LogP contribution in [0, 0.1) is 5.82 Å². The predicted octanol–water partition coefficient (Wildman–Crippen LogP) is 2.94. The van der Waals surface area contributed by atoms with Crippen LogP contribution in [0.4, 0.5) is 23.4 Å². The number of fused-ring (bicyclic) bond motifs is 1. The Bertz CT molecular complexity index is 978. The maximum absolute atomic E-state index is 13.1. The van der Waals surface area contributed by atoms with Crippen LogP contribution in [0.1, 0.15) is 0 Å². The molecule has 3 rings (SSSR count). The van der Waals surface area contributed by atoms with Crippen LogP contribution in [0.5, 0.6) is 0 Å². The third-order valence-electron chi connectivity index (χ3n) is 3.24. The summed E-state index contributed by atoms with van der Waals surface area (Å²) in [5, 5.41) is 1.98. The average molecular weight is 385 g/mol. The molecule has 1 aromatic carbocycles. The Labute approximate surface area is 147 Å². The molecule has 2 heterocycles. The van der Waals surface area contributed by atoms with Crippen molar-refractivity contribution in [1.82, 2.24) is 19.9 Å². The fourth-order valence-corrected chi connectivity index (χ4v) is 2.52. The molecular formula is C15H11F4N5OS. The molecule has 0 bridgehead atoms. The first-order valence-electron chi connectivity index (χ1n) is 7.18. The van der Waals surface area contributed by atoms with Crippen LogP contribution in [-0.2, 0) is 10.8 Å². The molecule has 0 spiro atoms. The van der Waals surface area contributed by atoms with Gasteiger partial charge in [0.05, 0.1) is 22.7 Å². The highest BCUT2D eigenvalue weighted by atomic mass is 32.2. The van der Waals surface area contributed by atoms with Crippen molar-refractivity contribution in [2.45, 2.75) is 11.3 Å². The van der Waals surface area contributed by atoms with Crippen molar-refractivity contribution in [3.8, 4) is 11.3 Å². The molecular weight excluding hydrogens is 374 g/mol. The normalized spacial score (nSPS) is 13.0. The third-order valence-corrected chi connectivity index (χ3v) is 3.94. The SMILES string of the molecule is CS(=O)c1nc(NCC(F)(F)F)c2nc(-c3ccc(F)cc3)cnc2n1. The summed E-state index contributed by atoms with van der Waals surface area (Å²) < 4.78 is 62.3. The van der Waals surface area contributed by atoms with Gasteiger partial charge in [0, 0.05) is 11.8 Å². The molecule has 136 valence electrons. The molecule has 0 aliphatic rings. The van der Waals surface area contributed by atoms with Gasteiger partial charge < -0.3 is 5.32 Å². The molecule has 3 aromatic rings. The van der Waals surface area contributed by atoms with Gasteiger partial charge in [-0.15, -0.1) is 0 Å². The maximum atomic E-state index is 13.1.